The van der Waals surface area contributed by atoms with Crippen molar-refractivity contribution in [2.75, 3.05) is 27.4 Å². The minimum atomic E-state index is -0.0875. The number of methoxy groups -OCH3 is 2. The van der Waals surface area contributed by atoms with Crippen LogP contribution < -0.4 is 9.47 Å². The van der Waals surface area contributed by atoms with E-state index in [-0.39, 0.29) is 18.6 Å². The molecule has 1 aromatic rings. The number of ether oxygens (including phenoxy) is 2. The average Bonchev–Trinajstić information content (AvgIpc) is 3.05. The fourth-order valence-corrected chi connectivity index (χ4v) is 2.90. The topological polar surface area (TPSA) is 59.0 Å². The fraction of sp³-hybridized carbons (Fsp3) is 0.562. The van der Waals surface area contributed by atoms with E-state index in [1.807, 2.05) is 0 Å². The molecule has 1 aliphatic rings. The third-order valence-electron chi connectivity index (χ3n) is 4.01. The molecule has 0 heterocycles. The van der Waals surface area contributed by atoms with Gasteiger partial charge in [0.1, 0.15) is 11.5 Å². The summed E-state index contributed by atoms with van der Waals surface area (Å²) in [6, 6.07) is 5.40. The van der Waals surface area contributed by atoms with Gasteiger partial charge in [0.15, 0.2) is 0 Å². The van der Waals surface area contributed by atoms with Crippen LogP contribution >= 0.6 is 0 Å². The first-order valence-electron chi connectivity index (χ1n) is 7.35. The van der Waals surface area contributed by atoms with E-state index >= 15 is 0 Å². The number of carbonyl (C=O) groups is 1. The summed E-state index contributed by atoms with van der Waals surface area (Å²) in [6.45, 7) is 0.333. The van der Waals surface area contributed by atoms with Crippen LogP contribution in [0.3, 0.4) is 0 Å². The molecule has 1 fully saturated rings. The summed E-state index contributed by atoms with van der Waals surface area (Å²) >= 11 is 0. The van der Waals surface area contributed by atoms with E-state index in [0.717, 1.165) is 25.7 Å². The normalized spacial score (nSPS) is 15.0. The summed E-state index contributed by atoms with van der Waals surface area (Å²) in [5, 5.41) is 9.26. The van der Waals surface area contributed by atoms with Crippen molar-refractivity contribution in [1.29, 1.82) is 0 Å². The molecule has 1 aliphatic carbocycles. The zero-order valence-electron chi connectivity index (χ0n) is 12.7. The second kappa shape index (κ2) is 7.31. The molecule has 1 amide bonds. The Bertz CT molecular complexity index is 483. The maximum atomic E-state index is 12.8. The number of benzene rings is 1. The third kappa shape index (κ3) is 3.47. The predicted octanol–water partition coefficient (Wildman–Crippen LogP) is 2.08. The number of aliphatic hydroxyl groups is 1. The quantitative estimate of drug-likeness (QED) is 0.872. The molecular formula is C16H23NO4. The van der Waals surface area contributed by atoms with Crippen molar-refractivity contribution in [3.63, 3.8) is 0 Å². The molecule has 2 rings (SSSR count). The predicted molar refractivity (Wildman–Crippen MR) is 79.9 cm³/mol. The Morgan fingerprint density at radius 3 is 2.57 bits per heavy atom. The Labute approximate surface area is 125 Å². The number of hydrogen-bond acceptors (Lipinski definition) is 4. The number of aliphatic hydroxyl groups excluding tert-OH is 1. The van der Waals surface area contributed by atoms with Crippen molar-refractivity contribution < 1.29 is 19.4 Å². The van der Waals surface area contributed by atoms with Crippen LogP contribution in [0.2, 0.25) is 0 Å². The van der Waals surface area contributed by atoms with Crippen molar-refractivity contribution in [2.24, 2.45) is 0 Å². The molecule has 21 heavy (non-hydrogen) atoms. The second-order valence-electron chi connectivity index (χ2n) is 5.23. The summed E-state index contributed by atoms with van der Waals surface area (Å²) in [4.78, 5) is 14.6. The van der Waals surface area contributed by atoms with Crippen molar-refractivity contribution in [3.8, 4) is 11.5 Å². The molecule has 1 aromatic carbocycles. The first-order chi connectivity index (χ1) is 10.2. The fourth-order valence-electron chi connectivity index (χ4n) is 2.90. The number of rotatable bonds is 6. The molecule has 1 saturated carbocycles. The minimum absolute atomic E-state index is 0.0271. The van der Waals surface area contributed by atoms with Crippen LogP contribution in [0.25, 0.3) is 0 Å². The van der Waals surface area contributed by atoms with Gasteiger partial charge in [0.2, 0.25) is 0 Å². The molecule has 0 aliphatic heterocycles. The molecular weight excluding hydrogens is 270 g/mol. The van der Waals surface area contributed by atoms with E-state index < -0.39 is 0 Å². The van der Waals surface area contributed by atoms with Gasteiger partial charge in [-0.25, -0.2) is 0 Å². The Morgan fingerprint density at radius 2 is 2.00 bits per heavy atom. The summed E-state index contributed by atoms with van der Waals surface area (Å²) in [5.74, 6) is 1.06. The molecule has 0 saturated heterocycles. The van der Waals surface area contributed by atoms with E-state index in [4.69, 9.17) is 9.47 Å². The summed E-state index contributed by atoms with van der Waals surface area (Å²) in [6.07, 6.45) is 4.29. The summed E-state index contributed by atoms with van der Waals surface area (Å²) in [5.41, 5.74) is 0.513. The average molecular weight is 293 g/mol. The molecule has 0 unspecified atom stereocenters. The lowest BCUT2D eigenvalue weighted by atomic mass is 10.1. The molecule has 0 aromatic heterocycles. The van der Waals surface area contributed by atoms with Crippen molar-refractivity contribution >= 4 is 5.91 Å². The van der Waals surface area contributed by atoms with Gasteiger partial charge >= 0.3 is 0 Å². The van der Waals surface area contributed by atoms with Gasteiger partial charge in [-0.2, -0.15) is 0 Å². The van der Waals surface area contributed by atoms with Crippen molar-refractivity contribution in [1.82, 2.24) is 4.90 Å². The highest BCUT2D eigenvalue weighted by molar-refractivity contribution is 5.97. The Balaban J connectivity index is 2.27. The van der Waals surface area contributed by atoms with Crippen molar-refractivity contribution in [2.45, 2.75) is 31.7 Å². The van der Waals surface area contributed by atoms with Crippen LogP contribution in [0.5, 0.6) is 11.5 Å². The van der Waals surface area contributed by atoms with Gasteiger partial charge in [-0.1, -0.05) is 12.8 Å². The van der Waals surface area contributed by atoms with Crippen LogP contribution in [-0.2, 0) is 0 Å². The standard InChI is InChI=1S/C16H23NO4/c1-20-13-7-8-14(15(11-13)21-2)16(19)17(9-10-18)12-5-3-4-6-12/h7-8,11-12,18H,3-6,9-10H2,1-2H3. The van der Waals surface area contributed by atoms with Crippen LogP contribution in [0.15, 0.2) is 18.2 Å². The van der Waals surface area contributed by atoms with Gasteiger partial charge in [-0.15, -0.1) is 0 Å². The van der Waals surface area contributed by atoms with Crippen LogP contribution in [0, 0.1) is 0 Å². The van der Waals surface area contributed by atoms with Crippen LogP contribution in [-0.4, -0.2) is 49.3 Å². The van der Waals surface area contributed by atoms with Crippen molar-refractivity contribution in [3.05, 3.63) is 23.8 Å². The zero-order chi connectivity index (χ0) is 15.2. The van der Waals surface area contributed by atoms with Gasteiger partial charge in [-0.05, 0) is 25.0 Å². The summed E-state index contributed by atoms with van der Waals surface area (Å²) < 4.78 is 10.5. The minimum Gasteiger partial charge on any atom is -0.497 e. The molecule has 5 heteroatoms. The Hall–Kier alpha value is -1.75. The lowest BCUT2D eigenvalue weighted by Crippen LogP contribution is -2.40. The van der Waals surface area contributed by atoms with E-state index in [9.17, 15) is 9.90 Å². The van der Waals surface area contributed by atoms with Gasteiger partial charge < -0.3 is 19.5 Å². The van der Waals surface area contributed by atoms with Crippen LogP contribution in [0.4, 0.5) is 0 Å². The zero-order valence-corrected chi connectivity index (χ0v) is 12.7. The van der Waals surface area contributed by atoms with E-state index in [2.05, 4.69) is 0 Å². The number of carbonyl (C=O) groups excluding carboxylic acids is 1. The highest BCUT2D eigenvalue weighted by Crippen LogP contribution is 2.29. The Morgan fingerprint density at radius 1 is 1.29 bits per heavy atom. The smallest absolute Gasteiger partial charge is 0.257 e. The van der Waals surface area contributed by atoms with Gasteiger partial charge in [0.05, 0.1) is 26.4 Å². The monoisotopic (exact) mass is 293 g/mol. The van der Waals surface area contributed by atoms with Crippen LogP contribution in [0.1, 0.15) is 36.0 Å². The highest BCUT2D eigenvalue weighted by atomic mass is 16.5. The molecule has 116 valence electrons. The molecule has 5 nitrogen and oxygen atoms in total. The third-order valence-corrected chi connectivity index (χ3v) is 4.01. The second-order valence-corrected chi connectivity index (χ2v) is 5.23. The lowest BCUT2D eigenvalue weighted by Gasteiger charge is -2.29. The molecule has 1 N–H and O–H groups in total. The number of nitrogens with zero attached hydrogens (tertiary/aromatic N) is 1. The van der Waals surface area contributed by atoms with E-state index in [0.29, 0.717) is 23.6 Å². The molecule has 0 bridgehead atoms. The number of hydrogen-bond donors (Lipinski definition) is 1. The van der Waals surface area contributed by atoms with Gasteiger partial charge in [0, 0.05) is 18.7 Å². The van der Waals surface area contributed by atoms with E-state index in [1.54, 1.807) is 30.2 Å². The first kappa shape index (κ1) is 15.6. The largest absolute Gasteiger partial charge is 0.497 e. The lowest BCUT2D eigenvalue weighted by molar-refractivity contribution is 0.0634. The Kier molecular flexibility index (Phi) is 5.44. The van der Waals surface area contributed by atoms with Gasteiger partial charge in [0.25, 0.3) is 5.91 Å². The first-order valence-corrected chi connectivity index (χ1v) is 7.35. The maximum absolute atomic E-state index is 12.8. The van der Waals surface area contributed by atoms with E-state index in [1.165, 1.54) is 7.11 Å². The van der Waals surface area contributed by atoms with Gasteiger partial charge in [-0.3, -0.25) is 4.79 Å². The molecule has 0 spiro atoms. The molecule has 0 atom stereocenters. The SMILES string of the molecule is COc1ccc(C(=O)N(CCO)C2CCCC2)c(OC)c1. The summed E-state index contributed by atoms with van der Waals surface area (Å²) in [7, 11) is 3.12. The number of amides is 1. The molecule has 0 radical (unpaired) electrons. The maximum Gasteiger partial charge on any atom is 0.257 e. The highest BCUT2D eigenvalue weighted by Gasteiger charge is 2.28.